The Balaban J connectivity index is 1.44. The lowest BCUT2D eigenvalue weighted by molar-refractivity contribution is -0.173. The second-order valence-electron chi connectivity index (χ2n) is 8.47. The largest absolute Gasteiger partial charge is 0.361 e. The van der Waals surface area contributed by atoms with Crippen molar-refractivity contribution in [3.05, 3.63) is 87.9 Å². The summed E-state index contributed by atoms with van der Waals surface area (Å²) in [4.78, 5) is 25.2. The number of amides is 1. The zero-order chi connectivity index (χ0) is 21.3. The second-order valence-corrected chi connectivity index (χ2v) is 9.84. The summed E-state index contributed by atoms with van der Waals surface area (Å²) < 4.78 is 6.39. The van der Waals surface area contributed by atoms with E-state index < -0.39 is 5.60 Å². The molecule has 0 saturated carbocycles. The SMILES string of the molecule is Cc1ccc(CN2C[C@H](c3cccnc3)[C@]3(C2)OCCN(Cc2ccccc2)C3=O)s1. The normalized spacial score (nSPS) is 24.2. The first kappa shape index (κ1) is 20.4. The van der Waals surface area contributed by atoms with Crippen molar-refractivity contribution in [2.24, 2.45) is 0 Å². The minimum atomic E-state index is -0.859. The highest BCUT2D eigenvalue weighted by Crippen LogP contribution is 2.42. The highest BCUT2D eigenvalue weighted by molar-refractivity contribution is 7.11. The molecule has 0 bridgehead atoms. The molecule has 2 aliphatic heterocycles. The van der Waals surface area contributed by atoms with Crippen molar-refractivity contribution < 1.29 is 9.53 Å². The number of likely N-dealkylation sites (tertiary alicyclic amines) is 1. The summed E-state index contributed by atoms with van der Waals surface area (Å²) in [5, 5.41) is 0. The summed E-state index contributed by atoms with van der Waals surface area (Å²) in [6.45, 7) is 6.16. The third-order valence-electron chi connectivity index (χ3n) is 6.31. The summed E-state index contributed by atoms with van der Waals surface area (Å²) in [7, 11) is 0. The second kappa shape index (κ2) is 8.54. The van der Waals surface area contributed by atoms with Gasteiger partial charge < -0.3 is 9.64 Å². The Morgan fingerprint density at radius 1 is 1.13 bits per heavy atom. The Hall–Kier alpha value is -2.54. The molecule has 2 aromatic heterocycles. The van der Waals surface area contributed by atoms with Crippen molar-refractivity contribution in [1.82, 2.24) is 14.8 Å². The molecule has 2 saturated heterocycles. The van der Waals surface area contributed by atoms with Gasteiger partial charge in [0, 0.05) is 60.8 Å². The van der Waals surface area contributed by atoms with E-state index in [4.69, 9.17) is 4.74 Å². The molecule has 0 unspecified atom stereocenters. The molecule has 1 spiro atoms. The molecule has 0 radical (unpaired) electrons. The van der Waals surface area contributed by atoms with Gasteiger partial charge in [0.25, 0.3) is 5.91 Å². The lowest BCUT2D eigenvalue weighted by atomic mass is 9.83. The molecule has 2 atom stereocenters. The average Bonchev–Trinajstić information content (AvgIpc) is 3.37. The van der Waals surface area contributed by atoms with Crippen molar-refractivity contribution >= 4 is 17.2 Å². The standard InChI is InChI=1S/C25H27N3O2S/c1-19-9-10-22(31-19)16-27-17-23(21-8-5-11-26-14-21)25(18-27)24(29)28(12-13-30-25)15-20-6-3-2-4-7-20/h2-11,14,23H,12-13,15-18H2,1H3/t23-,25+/m1/s1. The van der Waals surface area contributed by atoms with Crippen LogP contribution in [-0.4, -0.2) is 52.5 Å². The number of rotatable bonds is 5. The lowest BCUT2D eigenvalue weighted by Crippen LogP contribution is -2.59. The number of carbonyl (C=O) groups is 1. The summed E-state index contributed by atoms with van der Waals surface area (Å²) in [6, 6.07) is 18.6. The highest BCUT2D eigenvalue weighted by atomic mass is 32.1. The predicted octanol–water partition coefficient (Wildman–Crippen LogP) is 3.85. The van der Waals surface area contributed by atoms with Gasteiger partial charge in [-0.2, -0.15) is 0 Å². The highest BCUT2D eigenvalue weighted by Gasteiger charge is 2.57. The Labute approximate surface area is 187 Å². The van der Waals surface area contributed by atoms with Crippen molar-refractivity contribution in [3.8, 4) is 0 Å². The first-order chi connectivity index (χ1) is 15.1. The summed E-state index contributed by atoms with van der Waals surface area (Å²) in [6.07, 6.45) is 3.67. The van der Waals surface area contributed by atoms with Crippen LogP contribution >= 0.6 is 11.3 Å². The quantitative estimate of drug-likeness (QED) is 0.613. The number of aryl methyl sites for hydroxylation is 1. The van der Waals surface area contributed by atoms with Crippen LogP contribution in [-0.2, 0) is 22.6 Å². The summed E-state index contributed by atoms with van der Waals surface area (Å²) >= 11 is 1.82. The van der Waals surface area contributed by atoms with Crippen LogP contribution < -0.4 is 0 Å². The Kier molecular flexibility index (Phi) is 5.61. The molecule has 3 aromatic rings. The van der Waals surface area contributed by atoms with E-state index in [1.54, 1.807) is 6.20 Å². The van der Waals surface area contributed by atoms with Gasteiger partial charge in [0.15, 0.2) is 5.60 Å². The van der Waals surface area contributed by atoms with Crippen LogP contribution in [0.1, 0.15) is 26.8 Å². The molecule has 31 heavy (non-hydrogen) atoms. The lowest BCUT2D eigenvalue weighted by Gasteiger charge is -2.42. The number of pyridine rings is 1. The van der Waals surface area contributed by atoms with E-state index in [0.29, 0.717) is 26.2 Å². The molecule has 4 heterocycles. The molecule has 0 aliphatic carbocycles. The third-order valence-corrected chi connectivity index (χ3v) is 7.30. The minimum Gasteiger partial charge on any atom is -0.361 e. The van der Waals surface area contributed by atoms with Crippen molar-refractivity contribution in [2.75, 3.05) is 26.2 Å². The molecule has 2 aliphatic rings. The maximum atomic E-state index is 13.9. The van der Waals surface area contributed by atoms with Gasteiger partial charge in [-0.05, 0) is 36.2 Å². The molecule has 1 aromatic carbocycles. The molecule has 5 rings (SSSR count). The van der Waals surface area contributed by atoms with Gasteiger partial charge in [0.2, 0.25) is 0 Å². The van der Waals surface area contributed by atoms with Crippen LogP contribution in [0.3, 0.4) is 0 Å². The first-order valence-corrected chi connectivity index (χ1v) is 11.6. The van der Waals surface area contributed by atoms with E-state index in [-0.39, 0.29) is 11.8 Å². The number of morpholine rings is 1. The van der Waals surface area contributed by atoms with E-state index in [1.807, 2.05) is 46.7 Å². The van der Waals surface area contributed by atoms with E-state index in [2.05, 4.69) is 47.1 Å². The molecular weight excluding hydrogens is 406 g/mol. The molecule has 0 N–H and O–H groups in total. The fourth-order valence-corrected chi connectivity index (χ4v) is 5.80. The van der Waals surface area contributed by atoms with E-state index in [1.165, 1.54) is 9.75 Å². The van der Waals surface area contributed by atoms with Gasteiger partial charge in [0.1, 0.15) is 0 Å². The minimum absolute atomic E-state index is 0.0340. The summed E-state index contributed by atoms with van der Waals surface area (Å²) in [5.41, 5.74) is 1.36. The number of thiophene rings is 1. The van der Waals surface area contributed by atoms with E-state index in [0.717, 1.165) is 24.2 Å². The molecule has 1 amide bonds. The number of hydrogen-bond donors (Lipinski definition) is 0. The number of nitrogens with zero attached hydrogens (tertiary/aromatic N) is 3. The summed E-state index contributed by atoms with van der Waals surface area (Å²) in [5.74, 6) is 0.0645. The van der Waals surface area contributed by atoms with Crippen molar-refractivity contribution in [2.45, 2.75) is 31.5 Å². The average molecular weight is 434 g/mol. The van der Waals surface area contributed by atoms with Gasteiger partial charge >= 0.3 is 0 Å². The van der Waals surface area contributed by atoms with Crippen LogP contribution in [0, 0.1) is 6.92 Å². The smallest absolute Gasteiger partial charge is 0.257 e. The van der Waals surface area contributed by atoms with E-state index in [9.17, 15) is 4.79 Å². The monoisotopic (exact) mass is 433 g/mol. The van der Waals surface area contributed by atoms with Crippen LogP contribution in [0.15, 0.2) is 67.0 Å². The van der Waals surface area contributed by atoms with Crippen molar-refractivity contribution in [3.63, 3.8) is 0 Å². The molecule has 5 nitrogen and oxygen atoms in total. The van der Waals surface area contributed by atoms with Gasteiger partial charge in [-0.15, -0.1) is 11.3 Å². The molecule has 160 valence electrons. The first-order valence-electron chi connectivity index (χ1n) is 10.8. The maximum Gasteiger partial charge on any atom is 0.257 e. The van der Waals surface area contributed by atoms with Gasteiger partial charge in [-0.25, -0.2) is 0 Å². The molecule has 2 fully saturated rings. The van der Waals surface area contributed by atoms with Crippen LogP contribution in [0.2, 0.25) is 0 Å². The van der Waals surface area contributed by atoms with Crippen molar-refractivity contribution in [1.29, 1.82) is 0 Å². The zero-order valence-corrected chi connectivity index (χ0v) is 18.6. The Morgan fingerprint density at radius 2 is 2.00 bits per heavy atom. The van der Waals surface area contributed by atoms with Crippen LogP contribution in [0.25, 0.3) is 0 Å². The fourth-order valence-electron chi connectivity index (χ4n) is 4.87. The topological polar surface area (TPSA) is 45.7 Å². The zero-order valence-electron chi connectivity index (χ0n) is 17.7. The Bertz CT molecular complexity index is 1040. The Morgan fingerprint density at radius 3 is 2.74 bits per heavy atom. The number of ether oxygens (including phenoxy) is 1. The van der Waals surface area contributed by atoms with Gasteiger partial charge in [0.05, 0.1) is 6.61 Å². The van der Waals surface area contributed by atoms with Crippen LogP contribution in [0.4, 0.5) is 0 Å². The number of aromatic nitrogens is 1. The number of carbonyl (C=O) groups excluding carboxylic acids is 1. The number of benzene rings is 1. The predicted molar refractivity (Wildman–Crippen MR) is 122 cm³/mol. The van der Waals surface area contributed by atoms with E-state index >= 15 is 0 Å². The fraction of sp³-hybridized carbons (Fsp3) is 0.360. The van der Waals surface area contributed by atoms with Crippen LogP contribution in [0.5, 0.6) is 0 Å². The molecular formula is C25H27N3O2S. The maximum absolute atomic E-state index is 13.9. The molecule has 6 heteroatoms. The van der Waals surface area contributed by atoms with Gasteiger partial charge in [-0.3, -0.25) is 14.7 Å². The van der Waals surface area contributed by atoms with Gasteiger partial charge in [-0.1, -0.05) is 36.4 Å². The third kappa shape index (κ3) is 4.03. The number of hydrogen-bond acceptors (Lipinski definition) is 5.